The van der Waals surface area contributed by atoms with E-state index >= 15 is 0 Å². The van der Waals surface area contributed by atoms with Crippen molar-refractivity contribution in [2.75, 3.05) is 11.9 Å². The Kier molecular flexibility index (Phi) is 3.33. The minimum absolute atomic E-state index is 0.0112. The number of benzene rings is 1. The van der Waals surface area contributed by atoms with Gasteiger partial charge in [0.1, 0.15) is 5.75 Å². The third-order valence-electron chi connectivity index (χ3n) is 3.25. The van der Waals surface area contributed by atoms with Crippen molar-refractivity contribution in [3.8, 4) is 5.75 Å². The molecule has 1 aliphatic rings. The summed E-state index contributed by atoms with van der Waals surface area (Å²) in [5, 5.41) is 15.3. The van der Waals surface area contributed by atoms with Crippen LogP contribution in [0.5, 0.6) is 5.75 Å². The monoisotopic (exact) mass is 234 g/mol. The van der Waals surface area contributed by atoms with E-state index in [-0.39, 0.29) is 11.7 Å². The van der Waals surface area contributed by atoms with Crippen LogP contribution >= 0.6 is 0 Å². The van der Waals surface area contributed by atoms with Gasteiger partial charge in [0.2, 0.25) is 5.91 Å². The molecule has 1 atom stereocenters. The summed E-state index contributed by atoms with van der Waals surface area (Å²) in [5.74, 6) is 0.188. The van der Waals surface area contributed by atoms with Gasteiger partial charge in [-0.2, -0.15) is 0 Å². The van der Waals surface area contributed by atoms with Crippen molar-refractivity contribution in [1.82, 2.24) is 5.32 Å². The molecule has 92 valence electrons. The molecule has 1 aromatic carbocycles. The van der Waals surface area contributed by atoms with E-state index < -0.39 is 5.54 Å². The number of carbonyl (C=O) groups is 1. The van der Waals surface area contributed by atoms with E-state index in [0.29, 0.717) is 5.69 Å². The molecular weight excluding hydrogens is 216 g/mol. The lowest BCUT2D eigenvalue weighted by atomic mass is 9.90. The van der Waals surface area contributed by atoms with Crippen LogP contribution in [0.15, 0.2) is 24.3 Å². The summed E-state index contributed by atoms with van der Waals surface area (Å²) in [5.41, 5.74) is 0.234. The zero-order chi connectivity index (χ0) is 12.3. The summed E-state index contributed by atoms with van der Waals surface area (Å²) < 4.78 is 0. The first-order valence-electron chi connectivity index (χ1n) is 5.96. The Morgan fingerprint density at radius 2 is 2.06 bits per heavy atom. The van der Waals surface area contributed by atoms with E-state index in [9.17, 15) is 4.79 Å². The molecule has 4 heteroatoms. The highest BCUT2D eigenvalue weighted by molar-refractivity contribution is 5.97. The molecule has 0 aliphatic carbocycles. The standard InChI is InChI=1S/C13H18N2O2/c1-13(8-2-3-9-14-13)12(17)15-10-4-6-11(16)7-5-10/h4-7,14,16H,2-3,8-9H2,1H3,(H,15,17). The fourth-order valence-corrected chi connectivity index (χ4v) is 2.06. The highest BCUT2D eigenvalue weighted by Gasteiger charge is 2.34. The molecule has 1 amide bonds. The molecule has 1 heterocycles. The van der Waals surface area contributed by atoms with Gasteiger partial charge >= 0.3 is 0 Å². The van der Waals surface area contributed by atoms with Crippen LogP contribution in [0.3, 0.4) is 0 Å². The third kappa shape index (κ3) is 2.77. The van der Waals surface area contributed by atoms with E-state index in [1.54, 1.807) is 24.3 Å². The second-order valence-electron chi connectivity index (χ2n) is 4.72. The van der Waals surface area contributed by atoms with Crippen LogP contribution in [0, 0.1) is 0 Å². The average molecular weight is 234 g/mol. The highest BCUT2D eigenvalue weighted by atomic mass is 16.3. The van der Waals surface area contributed by atoms with Crippen LogP contribution in [0.25, 0.3) is 0 Å². The molecule has 1 saturated heterocycles. The van der Waals surface area contributed by atoms with Gasteiger partial charge in [0, 0.05) is 5.69 Å². The third-order valence-corrected chi connectivity index (χ3v) is 3.25. The Balaban J connectivity index is 2.03. The smallest absolute Gasteiger partial charge is 0.244 e. The van der Waals surface area contributed by atoms with Crippen LogP contribution < -0.4 is 10.6 Å². The van der Waals surface area contributed by atoms with Crippen molar-refractivity contribution in [2.45, 2.75) is 31.7 Å². The van der Waals surface area contributed by atoms with Gasteiger partial charge < -0.3 is 15.7 Å². The quantitative estimate of drug-likeness (QED) is 0.684. The van der Waals surface area contributed by atoms with Gasteiger partial charge in [0.25, 0.3) is 0 Å². The van der Waals surface area contributed by atoms with Crippen molar-refractivity contribution in [3.05, 3.63) is 24.3 Å². The van der Waals surface area contributed by atoms with Gasteiger partial charge in [-0.1, -0.05) is 0 Å². The molecule has 0 radical (unpaired) electrons. The van der Waals surface area contributed by atoms with Crippen LogP contribution in [0.1, 0.15) is 26.2 Å². The van der Waals surface area contributed by atoms with Crippen LogP contribution in [-0.4, -0.2) is 23.1 Å². The van der Waals surface area contributed by atoms with Gasteiger partial charge in [-0.05, 0) is 57.0 Å². The number of phenols is 1. The Morgan fingerprint density at radius 1 is 1.35 bits per heavy atom. The summed E-state index contributed by atoms with van der Waals surface area (Å²) in [6.07, 6.45) is 3.06. The Labute approximate surface area is 101 Å². The average Bonchev–Trinajstić information content (AvgIpc) is 2.33. The molecule has 2 rings (SSSR count). The molecular formula is C13H18N2O2. The molecule has 1 aliphatic heterocycles. The predicted molar refractivity (Wildman–Crippen MR) is 67.0 cm³/mol. The number of aromatic hydroxyl groups is 1. The number of amides is 1. The normalized spacial score (nSPS) is 24.3. The zero-order valence-corrected chi connectivity index (χ0v) is 9.99. The maximum atomic E-state index is 12.1. The minimum atomic E-state index is -0.476. The first kappa shape index (κ1) is 11.9. The Hall–Kier alpha value is -1.55. The van der Waals surface area contributed by atoms with Gasteiger partial charge in [0.15, 0.2) is 0 Å². The second-order valence-corrected chi connectivity index (χ2v) is 4.72. The minimum Gasteiger partial charge on any atom is -0.508 e. The number of rotatable bonds is 2. The first-order valence-corrected chi connectivity index (χ1v) is 5.96. The number of piperidine rings is 1. The number of hydrogen-bond donors (Lipinski definition) is 3. The molecule has 0 saturated carbocycles. The lowest BCUT2D eigenvalue weighted by molar-refractivity contribution is -0.122. The number of nitrogens with one attached hydrogen (secondary N) is 2. The van der Waals surface area contributed by atoms with Crippen molar-refractivity contribution in [1.29, 1.82) is 0 Å². The second kappa shape index (κ2) is 4.75. The van der Waals surface area contributed by atoms with Crippen LogP contribution in [0.2, 0.25) is 0 Å². The van der Waals surface area contributed by atoms with Gasteiger partial charge in [-0.3, -0.25) is 4.79 Å². The molecule has 1 unspecified atom stereocenters. The first-order chi connectivity index (χ1) is 8.10. The molecule has 0 spiro atoms. The van der Waals surface area contributed by atoms with E-state index in [2.05, 4.69) is 10.6 Å². The summed E-state index contributed by atoms with van der Waals surface area (Å²) >= 11 is 0. The maximum absolute atomic E-state index is 12.1. The zero-order valence-electron chi connectivity index (χ0n) is 9.99. The topological polar surface area (TPSA) is 61.4 Å². The Morgan fingerprint density at radius 3 is 2.65 bits per heavy atom. The fourth-order valence-electron chi connectivity index (χ4n) is 2.06. The molecule has 1 fully saturated rings. The number of phenolic OH excluding ortho intramolecular Hbond substituents is 1. The summed E-state index contributed by atoms with van der Waals surface area (Å²) in [7, 11) is 0. The molecule has 17 heavy (non-hydrogen) atoms. The summed E-state index contributed by atoms with van der Waals surface area (Å²) in [4.78, 5) is 12.1. The maximum Gasteiger partial charge on any atom is 0.244 e. The van der Waals surface area contributed by atoms with E-state index in [0.717, 1.165) is 25.8 Å². The fraction of sp³-hybridized carbons (Fsp3) is 0.462. The summed E-state index contributed by atoms with van der Waals surface area (Å²) in [6, 6.07) is 6.51. The van der Waals surface area contributed by atoms with Crippen molar-refractivity contribution in [3.63, 3.8) is 0 Å². The van der Waals surface area contributed by atoms with Crippen molar-refractivity contribution < 1.29 is 9.90 Å². The molecule has 1 aromatic rings. The molecule has 0 aromatic heterocycles. The van der Waals surface area contributed by atoms with Gasteiger partial charge in [-0.15, -0.1) is 0 Å². The number of carbonyl (C=O) groups excluding carboxylic acids is 1. The largest absolute Gasteiger partial charge is 0.508 e. The SMILES string of the molecule is CC1(C(=O)Nc2ccc(O)cc2)CCCCN1. The lowest BCUT2D eigenvalue weighted by Crippen LogP contribution is -2.54. The van der Waals surface area contributed by atoms with Crippen LogP contribution in [0.4, 0.5) is 5.69 Å². The summed E-state index contributed by atoms with van der Waals surface area (Å²) in [6.45, 7) is 2.82. The number of hydrogen-bond acceptors (Lipinski definition) is 3. The molecule has 3 N–H and O–H groups in total. The lowest BCUT2D eigenvalue weighted by Gasteiger charge is -2.33. The predicted octanol–water partition coefficient (Wildman–Crippen LogP) is 1.86. The van der Waals surface area contributed by atoms with E-state index in [1.165, 1.54) is 0 Å². The van der Waals surface area contributed by atoms with Gasteiger partial charge in [0.05, 0.1) is 5.54 Å². The van der Waals surface area contributed by atoms with Crippen LogP contribution in [-0.2, 0) is 4.79 Å². The highest BCUT2D eigenvalue weighted by Crippen LogP contribution is 2.21. The molecule has 4 nitrogen and oxygen atoms in total. The Bertz CT molecular complexity index is 394. The number of anilines is 1. The van der Waals surface area contributed by atoms with E-state index in [4.69, 9.17) is 5.11 Å². The molecule has 0 bridgehead atoms. The van der Waals surface area contributed by atoms with Crippen molar-refractivity contribution >= 4 is 11.6 Å². The van der Waals surface area contributed by atoms with E-state index in [1.807, 2.05) is 6.92 Å². The van der Waals surface area contributed by atoms with Crippen molar-refractivity contribution in [2.24, 2.45) is 0 Å². The van der Waals surface area contributed by atoms with Gasteiger partial charge in [-0.25, -0.2) is 0 Å².